The number of benzene rings is 11. The second kappa shape index (κ2) is 11.9. The van der Waals surface area contributed by atoms with Gasteiger partial charge in [-0.05, 0) is 119 Å². The molecule has 0 fully saturated rings. The maximum Gasteiger partial charge on any atom is 0.143 e. The van der Waals surface area contributed by atoms with E-state index in [1.165, 1.54) is 70.6 Å². The van der Waals surface area contributed by atoms with Gasteiger partial charge < -0.3 is 8.83 Å². The van der Waals surface area contributed by atoms with Crippen LogP contribution in [-0.2, 0) is 0 Å². The molecule has 13 aromatic rings. The van der Waals surface area contributed by atoms with E-state index in [0.29, 0.717) is 0 Å². The number of fused-ring (bicyclic) bond motifs is 12. The molecule has 0 saturated carbocycles. The maximum atomic E-state index is 6.97. The lowest BCUT2D eigenvalue weighted by Crippen LogP contribution is -1.92. The van der Waals surface area contributed by atoms with Crippen molar-refractivity contribution in [2.24, 2.45) is 0 Å². The zero-order valence-electron chi connectivity index (χ0n) is 31.3. The minimum absolute atomic E-state index is 0.877. The normalized spacial score (nSPS) is 12.1. The summed E-state index contributed by atoms with van der Waals surface area (Å²) in [5.74, 6) is 0. The van der Waals surface area contributed by atoms with E-state index in [1.54, 1.807) is 0 Å². The van der Waals surface area contributed by atoms with Crippen LogP contribution in [0.15, 0.2) is 203 Å². The zero-order valence-corrected chi connectivity index (χ0v) is 31.3. The molecule has 58 heavy (non-hydrogen) atoms. The molecule has 0 unspecified atom stereocenters. The van der Waals surface area contributed by atoms with Crippen LogP contribution in [0, 0.1) is 0 Å². The van der Waals surface area contributed by atoms with E-state index in [4.69, 9.17) is 8.83 Å². The van der Waals surface area contributed by atoms with Crippen LogP contribution >= 0.6 is 0 Å². The van der Waals surface area contributed by atoms with E-state index in [0.717, 1.165) is 60.6 Å². The standard InChI is InChI=1S/C56H32O2/c1-2-13-34-31-48-35(30-33(34)12-1)24-26-39-38(48)20-11-21-41(39)53-42-15-3-5-17-44(42)54(45-18-6-4-16-43(45)53)47-28-27-37(55-46-19-8-10-23-51(46)58-56(47)55)36-25-29-52-49(32-36)40-14-7-9-22-50(40)57-52/h1-32H. The summed E-state index contributed by atoms with van der Waals surface area (Å²) in [5, 5.41) is 16.8. The smallest absolute Gasteiger partial charge is 0.143 e. The second-order valence-electron chi connectivity index (χ2n) is 15.5. The summed E-state index contributed by atoms with van der Waals surface area (Å²) in [5.41, 5.74) is 10.6. The maximum absolute atomic E-state index is 6.97. The third-order valence-corrected chi connectivity index (χ3v) is 12.4. The molecule has 2 heteroatoms. The Morgan fingerprint density at radius 3 is 1.57 bits per heavy atom. The van der Waals surface area contributed by atoms with Gasteiger partial charge in [-0.3, -0.25) is 0 Å². The minimum atomic E-state index is 0.877. The Kier molecular flexibility index (Phi) is 6.47. The van der Waals surface area contributed by atoms with Gasteiger partial charge in [-0.25, -0.2) is 0 Å². The Bertz CT molecular complexity index is 3800. The summed E-state index contributed by atoms with van der Waals surface area (Å²) in [6.45, 7) is 0. The van der Waals surface area contributed by atoms with Crippen molar-refractivity contribution in [1.29, 1.82) is 0 Å². The number of hydrogen-bond donors (Lipinski definition) is 0. The Hall–Kier alpha value is -7.68. The monoisotopic (exact) mass is 736 g/mol. The Morgan fingerprint density at radius 2 is 0.828 bits per heavy atom. The van der Waals surface area contributed by atoms with Crippen molar-refractivity contribution in [3.63, 3.8) is 0 Å². The van der Waals surface area contributed by atoms with Gasteiger partial charge in [0.15, 0.2) is 0 Å². The molecule has 268 valence electrons. The first-order chi connectivity index (χ1) is 28.8. The quantitative estimate of drug-likeness (QED) is 0.133. The molecule has 0 atom stereocenters. The fraction of sp³-hybridized carbons (Fsp3) is 0. The average Bonchev–Trinajstić information content (AvgIpc) is 3.86. The van der Waals surface area contributed by atoms with E-state index in [9.17, 15) is 0 Å². The molecular weight excluding hydrogens is 705 g/mol. The molecule has 0 aliphatic rings. The average molecular weight is 737 g/mol. The summed E-state index contributed by atoms with van der Waals surface area (Å²) in [6.07, 6.45) is 0. The van der Waals surface area contributed by atoms with Crippen LogP contribution in [0.1, 0.15) is 0 Å². The van der Waals surface area contributed by atoms with Crippen molar-refractivity contribution in [3.05, 3.63) is 194 Å². The van der Waals surface area contributed by atoms with E-state index < -0.39 is 0 Å². The number of para-hydroxylation sites is 2. The fourth-order valence-corrected chi connectivity index (χ4v) is 9.87. The molecule has 2 heterocycles. The summed E-state index contributed by atoms with van der Waals surface area (Å²) in [7, 11) is 0. The molecule has 0 saturated heterocycles. The van der Waals surface area contributed by atoms with Crippen LogP contribution in [0.2, 0.25) is 0 Å². The van der Waals surface area contributed by atoms with Crippen molar-refractivity contribution in [2.45, 2.75) is 0 Å². The summed E-state index contributed by atoms with van der Waals surface area (Å²) < 4.78 is 13.2. The molecule has 0 aliphatic carbocycles. The van der Waals surface area contributed by atoms with Crippen LogP contribution in [0.4, 0.5) is 0 Å². The van der Waals surface area contributed by atoms with Gasteiger partial charge in [-0.15, -0.1) is 0 Å². The highest BCUT2D eigenvalue weighted by molar-refractivity contribution is 6.28. The first-order valence-electron chi connectivity index (χ1n) is 19.9. The van der Waals surface area contributed by atoms with Crippen LogP contribution in [0.5, 0.6) is 0 Å². The van der Waals surface area contributed by atoms with Gasteiger partial charge in [-0.1, -0.05) is 152 Å². The van der Waals surface area contributed by atoms with Crippen molar-refractivity contribution in [2.75, 3.05) is 0 Å². The van der Waals surface area contributed by atoms with Crippen LogP contribution < -0.4 is 0 Å². The number of hydrogen-bond acceptors (Lipinski definition) is 2. The van der Waals surface area contributed by atoms with Gasteiger partial charge in [0.1, 0.15) is 22.3 Å². The van der Waals surface area contributed by atoms with Gasteiger partial charge in [0.05, 0.1) is 0 Å². The fourth-order valence-electron chi connectivity index (χ4n) is 9.87. The predicted molar refractivity (Wildman–Crippen MR) is 245 cm³/mol. The molecule has 0 bridgehead atoms. The van der Waals surface area contributed by atoms with E-state index >= 15 is 0 Å². The molecule has 0 spiro atoms. The lowest BCUT2D eigenvalue weighted by Gasteiger charge is -2.19. The van der Waals surface area contributed by atoms with Crippen LogP contribution in [0.25, 0.3) is 131 Å². The summed E-state index contributed by atoms with van der Waals surface area (Å²) >= 11 is 0. The van der Waals surface area contributed by atoms with Crippen molar-refractivity contribution in [3.8, 4) is 33.4 Å². The molecule has 2 aromatic heterocycles. The predicted octanol–water partition coefficient (Wildman–Crippen LogP) is 16.3. The Balaban J connectivity index is 1.10. The first-order valence-corrected chi connectivity index (χ1v) is 19.9. The zero-order chi connectivity index (χ0) is 37.9. The topological polar surface area (TPSA) is 26.3 Å². The molecule has 0 amide bonds. The highest BCUT2D eigenvalue weighted by Crippen LogP contribution is 2.50. The Labute approximate surface area is 332 Å². The highest BCUT2D eigenvalue weighted by atomic mass is 16.3. The minimum Gasteiger partial charge on any atom is -0.456 e. The number of furan rings is 2. The number of rotatable bonds is 3. The van der Waals surface area contributed by atoms with Crippen molar-refractivity contribution >= 4 is 97.7 Å². The van der Waals surface area contributed by atoms with Gasteiger partial charge in [-0.2, -0.15) is 0 Å². The molecule has 0 radical (unpaired) electrons. The summed E-state index contributed by atoms with van der Waals surface area (Å²) in [6, 6.07) is 70.4. The Morgan fingerprint density at radius 1 is 0.259 bits per heavy atom. The van der Waals surface area contributed by atoms with Gasteiger partial charge in [0.25, 0.3) is 0 Å². The summed E-state index contributed by atoms with van der Waals surface area (Å²) in [4.78, 5) is 0. The highest BCUT2D eigenvalue weighted by Gasteiger charge is 2.23. The molecular formula is C56H32O2. The molecule has 13 rings (SSSR count). The van der Waals surface area contributed by atoms with Gasteiger partial charge in [0, 0.05) is 32.7 Å². The van der Waals surface area contributed by atoms with E-state index in [-0.39, 0.29) is 0 Å². The van der Waals surface area contributed by atoms with Crippen molar-refractivity contribution < 1.29 is 8.83 Å². The van der Waals surface area contributed by atoms with E-state index in [2.05, 4.69) is 182 Å². The molecule has 0 aliphatic heterocycles. The SMILES string of the molecule is c1ccc2cc3c(ccc4c(-c5c6ccccc6c(-c6ccc(-c7ccc8oc9ccccc9c8c7)c7c6oc6ccccc67)c6ccccc56)cccc43)cc2c1. The van der Waals surface area contributed by atoms with Gasteiger partial charge >= 0.3 is 0 Å². The van der Waals surface area contributed by atoms with Gasteiger partial charge in [0.2, 0.25) is 0 Å². The first kappa shape index (κ1) is 31.5. The van der Waals surface area contributed by atoms with E-state index in [1.807, 2.05) is 12.1 Å². The third-order valence-electron chi connectivity index (χ3n) is 12.4. The lowest BCUT2D eigenvalue weighted by molar-refractivity contribution is 0.669. The van der Waals surface area contributed by atoms with Crippen molar-refractivity contribution in [1.82, 2.24) is 0 Å². The molecule has 0 N–H and O–H groups in total. The van der Waals surface area contributed by atoms with Crippen LogP contribution in [-0.4, -0.2) is 0 Å². The third kappa shape index (κ3) is 4.43. The second-order valence-corrected chi connectivity index (χ2v) is 15.5. The largest absolute Gasteiger partial charge is 0.456 e. The lowest BCUT2D eigenvalue weighted by atomic mass is 9.83. The molecule has 11 aromatic carbocycles. The van der Waals surface area contributed by atoms with Crippen LogP contribution in [0.3, 0.4) is 0 Å². The molecule has 2 nitrogen and oxygen atoms in total.